The molecule has 0 fully saturated rings. The van der Waals surface area contributed by atoms with Crippen LogP contribution in [0.3, 0.4) is 0 Å². The number of benzene rings is 1. The Labute approximate surface area is 78.3 Å². The van der Waals surface area contributed by atoms with Crippen molar-refractivity contribution in [3.8, 4) is 0 Å². The van der Waals surface area contributed by atoms with E-state index in [0.29, 0.717) is 15.7 Å². The van der Waals surface area contributed by atoms with Crippen LogP contribution in [0.2, 0.25) is 0 Å². The van der Waals surface area contributed by atoms with Crippen molar-refractivity contribution in [2.45, 2.75) is 6.92 Å². The minimum absolute atomic E-state index is 0.274. The average molecular weight is 230 g/mol. The average Bonchev–Trinajstić information content (AvgIpc) is 1.96. The normalized spacial score (nSPS) is 9.83. The van der Waals surface area contributed by atoms with Crippen molar-refractivity contribution < 1.29 is 9.90 Å². The molecule has 0 bridgehead atoms. The minimum atomic E-state index is -0.937. The molecule has 0 heterocycles. The van der Waals surface area contributed by atoms with Gasteiger partial charge in [-0.25, -0.2) is 4.79 Å². The van der Waals surface area contributed by atoms with E-state index in [1.54, 1.807) is 13.0 Å². The van der Waals surface area contributed by atoms with Crippen LogP contribution in [0.4, 0.5) is 5.69 Å². The van der Waals surface area contributed by atoms with E-state index in [-0.39, 0.29) is 5.56 Å². The summed E-state index contributed by atoms with van der Waals surface area (Å²) >= 11 is 3.16. The van der Waals surface area contributed by atoms with Crippen molar-refractivity contribution in [2.75, 3.05) is 5.73 Å². The van der Waals surface area contributed by atoms with Gasteiger partial charge in [0.05, 0.1) is 5.56 Å². The van der Waals surface area contributed by atoms with Crippen LogP contribution in [0, 0.1) is 6.92 Å². The standard InChI is InChI=1S/C8H8BrNO2/c1-4-2-7(10)6(9)3-5(4)8(11)12/h2-3H,10H2,1H3,(H,11,12). The fourth-order valence-corrected chi connectivity index (χ4v) is 1.28. The van der Waals surface area contributed by atoms with Gasteiger partial charge < -0.3 is 10.8 Å². The van der Waals surface area contributed by atoms with Crippen LogP contribution >= 0.6 is 15.9 Å². The highest BCUT2D eigenvalue weighted by Gasteiger charge is 2.08. The van der Waals surface area contributed by atoms with Gasteiger partial charge in [0.15, 0.2) is 0 Å². The summed E-state index contributed by atoms with van der Waals surface area (Å²) in [6.45, 7) is 1.71. The topological polar surface area (TPSA) is 63.3 Å². The highest BCUT2D eigenvalue weighted by atomic mass is 79.9. The number of anilines is 1. The first-order chi connectivity index (χ1) is 5.52. The first-order valence-electron chi connectivity index (χ1n) is 3.31. The molecule has 1 aromatic rings. The molecule has 64 valence electrons. The zero-order chi connectivity index (χ0) is 9.30. The summed E-state index contributed by atoms with van der Waals surface area (Å²) < 4.78 is 0.616. The lowest BCUT2D eigenvalue weighted by molar-refractivity contribution is 0.0696. The molecular formula is C8H8BrNO2. The lowest BCUT2D eigenvalue weighted by Gasteiger charge is -2.03. The van der Waals surface area contributed by atoms with Crippen LogP contribution in [0.15, 0.2) is 16.6 Å². The number of halogens is 1. The molecule has 0 atom stereocenters. The molecule has 1 rings (SSSR count). The van der Waals surface area contributed by atoms with Gasteiger partial charge in [-0.05, 0) is 40.5 Å². The lowest BCUT2D eigenvalue weighted by Crippen LogP contribution is -2.01. The number of aromatic carboxylic acids is 1. The van der Waals surface area contributed by atoms with Gasteiger partial charge in [0.1, 0.15) is 0 Å². The molecule has 3 nitrogen and oxygen atoms in total. The molecule has 4 heteroatoms. The highest BCUT2D eigenvalue weighted by Crippen LogP contribution is 2.23. The summed E-state index contributed by atoms with van der Waals surface area (Å²) in [5.41, 5.74) is 7.05. The Kier molecular flexibility index (Phi) is 2.38. The molecule has 12 heavy (non-hydrogen) atoms. The zero-order valence-electron chi connectivity index (χ0n) is 6.47. The van der Waals surface area contributed by atoms with Gasteiger partial charge in [-0.15, -0.1) is 0 Å². The predicted octanol–water partition coefficient (Wildman–Crippen LogP) is 2.04. The lowest BCUT2D eigenvalue weighted by atomic mass is 10.1. The maximum Gasteiger partial charge on any atom is 0.335 e. The van der Waals surface area contributed by atoms with Crippen LogP contribution in [0.25, 0.3) is 0 Å². The molecule has 0 aliphatic rings. The first-order valence-corrected chi connectivity index (χ1v) is 4.10. The van der Waals surface area contributed by atoms with Crippen LogP contribution in [-0.2, 0) is 0 Å². The van der Waals surface area contributed by atoms with Crippen LogP contribution in [0.1, 0.15) is 15.9 Å². The van der Waals surface area contributed by atoms with Crippen molar-refractivity contribution >= 4 is 27.6 Å². The monoisotopic (exact) mass is 229 g/mol. The maximum atomic E-state index is 10.6. The minimum Gasteiger partial charge on any atom is -0.478 e. The predicted molar refractivity (Wildman–Crippen MR) is 50.3 cm³/mol. The molecular weight excluding hydrogens is 222 g/mol. The van der Waals surface area contributed by atoms with Gasteiger partial charge >= 0.3 is 5.97 Å². The fraction of sp³-hybridized carbons (Fsp3) is 0.125. The second kappa shape index (κ2) is 3.15. The zero-order valence-corrected chi connectivity index (χ0v) is 8.05. The highest BCUT2D eigenvalue weighted by molar-refractivity contribution is 9.10. The Balaban J connectivity index is 3.33. The Morgan fingerprint density at radius 3 is 2.67 bits per heavy atom. The van der Waals surface area contributed by atoms with E-state index in [4.69, 9.17) is 10.8 Å². The van der Waals surface area contributed by atoms with E-state index < -0.39 is 5.97 Å². The Morgan fingerprint density at radius 2 is 2.17 bits per heavy atom. The Morgan fingerprint density at radius 1 is 1.58 bits per heavy atom. The quantitative estimate of drug-likeness (QED) is 0.725. The van der Waals surface area contributed by atoms with Crippen LogP contribution in [-0.4, -0.2) is 11.1 Å². The molecule has 0 aromatic heterocycles. The molecule has 0 radical (unpaired) electrons. The van der Waals surface area contributed by atoms with E-state index >= 15 is 0 Å². The van der Waals surface area contributed by atoms with Crippen molar-refractivity contribution in [1.29, 1.82) is 0 Å². The van der Waals surface area contributed by atoms with Crippen molar-refractivity contribution in [2.24, 2.45) is 0 Å². The van der Waals surface area contributed by atoms with Gasteiger partial charge in [0.2, 0.25) is 0 Å². The third kappa shape index (κ3) is 1.58. The smallest absolute Gasteiger partial charge is 0.335 e. The second-order valence-electron chi connectivity index (χ2n) is 2.49. The van der Waals surface area contributed by atoms with Gasteiger partial charge in [-0.2, -0.15) is 0 Å². The van der Waals surface area contributed by atoms with Crippen molar-refractivity contribution in [3.63, 3.8) is 0 Å². The van der Waals surface area contributed by atoms with Gasteiger partial charge in [0, 0.05) is 10.2 Å². The second-order valence-corrected chi connectivity index (χ2v) is 3.35. The van der Waals surface area contributed by atoms with Crippen LogP contribution in [0.5, 0.6) is 0 Å². The molecule has 0 saturated heterocycles. The van der Waals surface area contributed by atoms with Gasteiger partial charge in [-0.3, -0.25) is 0 Å². The fourth-order valence-electron chi connectivity index (χ4n) is 0.934. The summed E-state index contributed by atoms with van der Waals surface area (Å²) in [6.07, 6.45) is 0. The number of carboxylic acid groups (broad SMARTS) is 1. The van der Waals surface area contributed by atoms with E-state index in [1.165, 1.54) is 6.07 Å². The molecule has 0 spiro atoms. The van der Waals surface area contributed by atoms with E-state index in [1.807, 2.05) is 0 Å². The van der Waals surface area contributed by atoms with E-state index in [9.17, 15) is 4.79 Å². The van der Waals surface area contributed by atoms with Crippen molar-refractivity contribution in [1.82, 2.24) is 0 Å². The summed E-state index contributed by atoms with van der Waals surface area (Å²) in [7, 11) is 0. The van der Waals surface area contributed by atoms with Gasteiger partial charge in [-0.1, -0.05) is 0 Å². The summed E-state index contributed by atoms with van der Waals surface area (Å²) in [5, 5.41) is 8.72. The molecule has 0 aliphatic heterocycles. The Bertz CT molecular complexity index is 336. The number of aryl methyl sites for hydroxylation is 1. The maximum absolute atomic E-state index is 10.6. The van der Waals surface area contributed by atoms with E-state index in [0.717, 1.165) is 0 Å². The molecule has 0 amide bonds. The van der Waals surface area contributed by atoms with Gasteiger partial charge in [0.25, 0.3) is 0 Å². The third-order valence-corrected chi connectivity index (χ3v) is 2.26. The first kappa shape index (κ1) is 9.06. The summed E-state index contributed by atoms with van der Waals surface area (Å²) in [4.78, 5) is 10.6. The van der Waals surface area contributed by atoms with Crippen LogP contribution < -0.4 is 5.73 Å². The molecule has 1 aromatic carbocycles. The number of carbonyl (C=O) groups is 1. The number of rotatable bonds is 1. The number of hydrogen-bond donors (Lipinski definition) is 2. The number of nitrogens with two attached hydrogens (primary N) is 1. The number of nitrogen functional groups attached to an aromatic ring is 1. The summed E-state index contributed by atoms with van der Waals surface area (Å²) in [6, 6.07) is 3.14. The SMILES string of the molecule is Cc1cc(N)c(Br)cc1C(=O)O. The number of hydrogen-bond acceptors (Lipinski definition) is 2. The summed E-state index contributed by atoms with van der Waals surface area (Å²) in [5.74, 6) is -0.937. The molecule has 3 N–H and O–H groups in total. The number of carboxylic acids is 1. The molecule has 0 unspecified atom stereocenters. The molecule has 0 aliphatic carbocycles. The van der Waals surface area contributed by atoms with E-state index in [2.05, 4.69) is 15.9 Å². The largest absolute Gasteiger partial charge is 0.478 e. The Hall–Kier alpha value is -1.03. The molecule has 0 saturated carbocycles. The third-order valence-electron chi connectivity index (χ3n) is 1.57. The van der Waals surface area contributed by atoms with Crippen molar-refractivity contribution in [3.05, 3.63) is 27.7 Å².